The maximum atomic E-state index is 5.69. The number of guanidine groups is 1. The van der Waals surface area contributed by atoms with Crippen LogP contribution in [0.25, 0.3) is 0 Å². The Balaban J connectivity index is 1.54. The molecule has 1 aliphatic rings. The summed E-state index contributed by atoms with van der Waals surface area (Å²) in [6, 6.07) is 3.90. The molecule has 6 nitrogen and oxygen atoms in total. The SMILES string of the molecule is CC(C)c1csc(CN=C(NCCc2ccco2)NCC2CCCO2)n1. The van der Waals surface area contributed by atoms with Crippen molar-refractivity contribution in [3.05, 3.63) is 40.2 Å². The number of hydrogen-bond acceptors (Lipinski definition) is 5. The third-order valence-electron chi connectivity index (χ3n) is 4.30. The van der Waals surface area contributed by atoms with E-state index in [1.807, 2.05) is 12.1 Å². The molecule has 1 aliphatic heterocycles. The van der Waals surface area contributed by atoms with E-state index >= 15 is 0 Å². The van der Waals surface area contributed by atoms with E-state index in [1.54, 1.807) is 17.6 Å². The largest absolute Gasteiger partial charge is 0.469 e. The number of rotatable bonds is 8. The molecule has 1 saturated heterocycles. The standard InChI is InChI=1S/C19H28N4O2S/c1-14(2)17-13-26-18(23-17)12-22-19(21-11-16-6-4-10-25-16)20-8-7-15-5-3-9-24-15/h3,5,9,13-14,16H,4,6-8,10-12H2,1-2H3,(H2,20,21,22). The normalized spacial score (nSPS) is 17.8. The fourth-order valence-corrected chi connectivity index (χ4v) is 3.64. The number of furan rings is 1. The van der Waals surface area contributed by atoms with Crippen molar-refractivity contribution in [3.8, 4) is 0 Å². The van der Waals surface area contributed by atoms with Crippen LogP contribution >= 0.6 is 11.3 Å². The zero-order chi connectivity index (χ0) is 18.2. The Bertz CT molecular complexity index is 676. The molecule has 0 spiro atoms. The van der Waals surface area contributed by atoms with Gasteiger partial charge in [-0.3, -0.25) is 0 Å². The lowest BCUT2D eigenvalue weighted by Gasteiger charge is -2.15. The van der Waals surface area contributed by atoms with Crippen LogP contribution in [-0.2, 0) is 17.7 Å². The molecule has 1 atom stereocenters. The highest BCUT2D eigenvalue weighted by Crippen LogP contribution is 2.18. The number of thiazole rings is 1. The van der Waals surface area contributed by atoms with Crippen LogP contribution < -0.4 is 10.6 Å². The molecule has 7 heteroatoms. The summed E-state index contributed by atoms with van der Waals surface area (Å²) in [4.78, 5) is 9.36. The monoisotopic (exact) mass is 376 g/mol. The number of nitrogens with zero attached hydrogens (tertiary/aromatic N) is 2. The second kappa shape index (κ2) is 9.73. The molecule has 0 amide bonds. The van der Waals surface area contributed by atoms with Gasteiger partial charge in [-0.15, -0.1) is 11.3 Å². The fraction of sp³-hybridized carbons (Fsp3) is 0.579. The summed E-state index contributed by atoms with van der Waals surface area (Å²) in [6.07, 6.45) is 5.05. The topological polar surface area (TPSA) is 71.7 Å². The Morgan fingerprint density at radius 2 is 2.35 bits per heavy atom. The van der Waals surface area contributed by atoms with Gasteiger partial charge in [0.05, 0.1) is 24.6 Å². The summed E-state index contributed by atoms with van der Waals surface area (Å²) >= 11 is 1.67. The van der Waals surface area contributed by atoms with Crippen LogP contribution in [0.3, 0.4) is 0 Å². The first-order valence-corrected chi connectivity index (χ1v) is 10.2. The molecule has 0 radical (unpaired) electrons. The maximum absolute atomic E-state index is 5.69. The first-order chi connectivity index (χ1) is 12.7. The molecule has 0 bridgehead atoms. The lowest BCUT2D eigenvalue weighted by atomic mass is 10.2. The molecule has 1 unspecified atom stereocenters. The van der Waals surface area contributed by atoms with Crippen LogP contribution in [0.1, 0.15) is 49.1 Å². The van der Waals surface area contributed by atoms with Crippen molar-refractivity contribution in [2.24, 2.45) is 4.99 Å². The van der Waals surface area contributed by atoms with Crippen molar-refractivity contribution in [2.75, 3.05) is 19.7 Å². The summed E-state index contributed by atoms with van der Waals surface area (Å²) in [6.45, 7) is 7.31. The van der Waals surface area contributed by atoms with E-state index < -0.39 is 0 Å². The average molecular weight is 377 g/mol. The van der Waals surface area contributed by atoms with Crippen LogP contribution in [0.5, 0.6) is 0 Å². The van der Waals surface area contributed by atoms with Gasteiger partial charge in [-0.25, -0.2) is 9.98 Å². The molecular weight excluding hydrogens is 348 g/mol. The van der Waals surface area contributed by atoms with Gasteiger partial charge in [0, 0.05) is 31.5 Å². The molecular formula is C19H28N4O2S. The summed E-state index contributed by atoms with van der Waals surface area (Å²) in [5.41, 5.74) is 1.14. The van der Waals surface area contributed by atoms with Crippen LogP contribution in [0, 0.1) is 0 Å². The maximum Gasteiger partial charge on any atom is 0.191 e. The minimum Gasteiger partial charge on any atom is -0.469 e. The first kappa shape index (κ1) is 18.9. The number of ether oxygens (including phenoxy) is 1. The van der Waals surface area contributed by atoms with E-state index in [9.17, 15) is 0 Å². The van der Waals surface area contributed by atoms with Gasteiger partial charge in [-0.1, -0.05) is 13.8 Å². The third-order valence-corrected chi connectivity index (χ3v) is 5.15. The van der Waals surface area contributed by atoms with Crippen molar-refractivity contribution >= 4 is 17.3 Å². The van der Waals surface area contributed by atoms with E-state index in [-0.39, 0.29) is 6.10 Å². The van der Waals surface area contributed by atoms with Crippen LogP contribution in [0.4, 0.5) is 0 Å². The van der Waals surface area contributed by atoms with Crippen molar-refractivity contribution < 1.29 is 9.15 Å². The zero-order valence-electron chi connectivity index (χ0n) is 15.5. The van der Waals surface area contributed by atoms with E-state index in [0.717, 1.165) is 61.4 Å². The average Bonchev–Trinajstić information content (AvgIpc) is 3.39. The van der Waals surface area contributed by atoms with E-state index in [2.05, 4.69) is 34.8 Å². The summed E-state index contributed by atoms with van der Waals surface area (Å²) in [5, 5.41) is 9.95. The van der Waals surface area contributed by atoms with Gasteiger partial charge < -0.3 is 19.8 Å². The summed E-state index contributed by atoms with van der Waals surface area (Å²) in [5.74, 6) is 2.22. The minimum atomic E-state index is 0.277. The van der Waals surface area contributed by atoms with Gasteiger partial charge in [-0.2, -0.15) is 0 Å². The molecule has 0 aromatic carbocycles. The number of aliphatic imine (C=N–C) groups is 1. The Hall–Kier alpha value is -1.86. The Morgan fingerprint density at radius 3 is 3.04 bits per heavy atom. The van der Waals surface area contributed by atoms with Crippen molar-refractivity contribution in [2.45, 2.75) is 51.7 Å². The highest BCUT2D eigenvalue weighted by atomic mass is 32.1. The van der Waals surface area contributed by atoms with Gasteiger partial charge in [0.25, 0.3) is 0 Å². The van der Waals surface area contributed by atoms with E-state index in [0.29, 0.717) is 12.5 Å². The number of hydrogen-bond donors (Lipinski definition) is 2. The third kappa shape index (κ3) is 5.85. The van der Waals surface area contributed by atoms with Gasteiger partial charge in [0.15, 0.2) is 5.96 Å². The molecule has 2 aromatic rings. The Labute approximate surface area is 159 Å². The molecule has 26 heavy (non-hydrogen) atoms. The number of nitrogens with one attached hydrogen (secondary N) is 2. The summed E-state index contributed by atoms with van der Waals surface area (Å²) in [7, 11) is 0. The molecule has 0 aliphatic carbocycles. The van der Waals surface area contributed by atoms with Crippen molar-refractivity contribution in [1.29, 1.82) is 0 Å². The molecule has 142 valence electrons. The zero-order valence-corrected chi connectivity index (χ0v) is 16.3. The van der Waals surface area contributed by atoms with Gasteiger partial charge in [-0.05, 0) is 30.9 Å². The quantitative estimate of drug-likeness (QED) is 0.546. The van der Waals surface area contributed by atoms with Crippen LogP contribution in [0.2, 0.25) is 0 Å². The molecule has 2 N–H and O–H groups in total. The van der Waals surface area contributed by atoms with E-state index in [1.165, 1.54) is 0 Å². The van der Waals surface area contributed by atoms with Gasteiger partial charge >= 0.3 is 0 Å². The highest BCUT2D eigenvalue weighted by molar-refractivity contribution is 7.09. The van der Waals surface area contributed by atoms with Crippen LogP contribution in [0.15, 0.2) is 33.2 Å². The smallest absolute Gasteiger partial charge is 0.191 e. The Morgan fingerprint density at radius 1 is 1.42 bits per heavy atom. The second-order valence-electron chi connectivity index (χ2n) is 6.76. The lowest BCUT2D eigenvalue weighted by Crippen LogP contribution is -2.41. The van der Waals surface area contributed by atoms with Crippen LogP contribution in [-0.4, -0.2) is 36.7 Å². The molecule has 1 fully saturated rings. The predicted octanol–water partition coefficient (Wildman–Crippen LogP) is 3.32. The van der Waals surface area contributed by atoms with E-state index in [4.69, 9.17) is 14.1 Å². The fourth-order valence-electron chi connectivity index (χ4n) is 2.76. The second-order valence-corrected chi connectivity index (χ2v) is 7.70. The lowest BCUT2D eigenvalue weighted by molar-refractivity contribution is 0.114. The minimum absolute atomic E-state index is 0.277. The summed E-state index contributed by atoms with van der Waals surface area (Å²) < 4.78 is 11.1. The van der Waals surface area contributed by atoms with Gasteiger partial charge in [0.1, 0.15) is 10.8 Å². The van der Waals surface area contributed by atoms with Gasteiger partial charge in [0.2, 0.25) is 0 Å². The predicted molar refractivity (Wildman–Crippen MR) is 105 cm³/mol. The molecule has 3 rings (SSSR count). The first-order valence-electron chi connectivity index (χ1n) is 9.31. The molecule has 2 aromatic heterocycles. The Kier molecular flexibility index (Phi) is 7.08. The molecule has 3 heterocycles. The van der Waals surface area contributed by atoms with Crippen molar-refractivity contribution in [3.63, 3.8) is 0 Å². The number of aromatic nitrogens is 1. The highest BCUT2D eigenvalue weighted by Gasteiger charge is 2.15. The van der Waals surface area contributed by atoms with Crippen molar-refractivity contribution in [1.82, 2.24) is 15.6 Å². The molecule has 0 saturated carbocycles.